The van der Waals surface area contributed by atoms with Crippen LogP contribution in [0.2, 0.25) is 0 Å². The first-order chi connectivity index (χ1) is 5.92. The van der Waals surface area contributed by atoms with Crippen LogP contribution in [0.4, 0.5) is 0 Å². The fourth-order valence-electron chi connectivity index (χ4n) is 0.849. The lowest BCUT2D eigenvalue weighted by Gasteiger charge is -2.20. The molecule has 1 atom stereocenters. The Kier molecular flexibility index (Phi) is 4.13. The molecule has 0 bridgehead atoms. The van der Waals surface area contributed by atoms with Crippen LogP contribution in [0.1, 0.15) is 19.3 Å². The van der Waals surface area contributed by atoms with E-state index in [2.05, 4.69) is 6.58 Å². The molecule has 3 N–H and O–H groups in total. The maximum absolute atomic E-state index is 10.5. The van der Waals surface area contributed by atoms with Gasteiger partial charge in [-0.3, -0.25) is 4.79 Å². The largest absolute Gasteiger partial charge is 0.481 e. The highest BCUT2D eigenvalue weighted by atomic mass is 16.4. The Balaban J connectivity index is 4.32. The van der Waals surface area contributed by atoms with Crippen LogP contribution in [0.5, 0.6) is 0 Å². The lowest BCUT2D eigenvalue weighted by atomic mass is 9.94. The SMILES string of the molecule is C=CC[C@@](O)(CCC(=O)O)C(=O)O. The Bertz CT molecular complexity index is 223. The molecule has 0 unspecified atom stereocenters. The van der Waals surface area contributed by atoms with E-state index in [1.807, 2.05) is 0 Å². The first-order valence-corrected chi connectivity index (χ1v) is 3.71. The molecular formula is C8H12O5. The number of carboxylic acid groups (broad SMARTS) is 2. The summed E-state index contributed by atoms with van der Waals surface area (Å²) in [5.41, 5.74) is -2.00. The van der Waals surface area contributed by atoms with Crippen LogP contribution in [-0.2, 0) is 9.59 Å². The summed E-state index contributed by atoms with van der Waals surface area (Å²) in [7, 11) is 0. The smallest absolute Gasteiger partial charge is 0.336 e. The predicted octanol–water partition coefficient (Wildman–Crippen LogP) is 0.243. The van der Waals surface area contributed by atoms with Gasteiger partial charge in [0.25, 0.3) is 0 Å². The number of hydrogen-bond donors (Lipinski definition) is 3. The second-order valence-corrected chi connectivity index (χ2v) is 2.72. The summed E-state index contributed by atoms with van der Waals surface area (Å²) >= 11 is 0. The number of aliphatic carboxylic acids is 2. The van der Waals surface area contributed by atoms with E-state index in [-0.39, 0.29) is 19.3 Å². The van der Waals surface area contributed by atoms with E-state index in [0.29, 0.717) is 0 Å². The van der Waals surface area contributed by atoms with Gasteiger partial charge in [-0.05, 0) is 6.42 Å². The van der Waals surface area contributed by atoms with E-state index >= 15 is 0 Å². The van der Waals surface area contributed by atoms with Crippen molar-refractivity contribution in [1.29, 1.82) is 0 Å². The molecule has 0 saturated heterocycles. The van der Waals surface area contributed by atoms with Crippen molar-refractivity contribution in [1.82, 2.24) is 0 Å². The van der Waals surface area contributed by atoms with Crippen molar-refractivity contribution < 1.29 is 24.9 Å². The fraction of sp³-hybridized carbons (Fsp3) is 0.500. The molecule has 0 aromatic carbocycles. The van der Waals surface area contributed by atoms with Crippen molar-refractivity contribution in [2.75, 3.05) is 0 Å². The maximum Gasteiger partial charge on any atom is 0.336 e. The molecule has 0 spiro atoms. The standard InChI is InChI=1S/C8H12O5/c1-2-4-8(13,7(11)12)5-3-6(9)10/h2,13H,1,3-5H2,(H,9,10)(H,11,12)/t8-/m1/s1. The lowest BCUT2D eigenvalue weighted by molar-refractivity contribution is -0.159. The molecule has 74 valence electrons. The molecule has 0 aromatic heterocycles. The third-order valence-corrected chi connectivity index (χ3v) is 1.63. The monoisotopic (exact) mass is 188 g/mol. The highest BCUT2D eigenvalue weighted by Crippen LogP contribution is 2.18. The second kappa shape index (κ2) is 4.61. The van der Waals surface area contributed by atoms with Crippen LogP contribution < -0.4 is 0 Å². The minimum atomic E-state index is -2.00. The Morgan fingerprint density at radius 2 is 1.92 bits per heavy atom. The number of carboxylic acids is 2. The van der Waals surface area contributed by atoms with E-state index in [1.54, 1.807) is 0 Å². The van der Waals surface area contributed by atoms with Gasteiger partial charge in [-0.1, -0.05) is 6.08 Å². The maximum atomic E-state index is 10.5. The summed E-state index contributed by atoms with van der Waals surface area (Å²) in [6.45, 7) is 3.28. The molecule has 0 amide bonds. The summed E-state index contributed by atoms with van der Waals surface area (Å²) in [5.74, 6) is -2.56. The molecule has 0 aliphatic heterocycles. The highest BCUT2D eigenvalue weighted by molar-refractivity contribution is 5.78. The van der Waals surface area contributed by atoms with Crippen molar-refractivity contribution in [3.63, 3.8) is 0 Å². The summed E-state index contributed by atoms with van der Waals surface area (Å²) in [6, 6.07) is 0. The molecule has 13 heavy (non-hydrogen) atoms. The lowest BCUT2D eigenvalue weighted by Crippen LogP contribution is -2.38. The quantitative estimate of drug-likeness (QED) is 0.519. The van der Waals surface area contributed by atoms with Crippen LogP contribution in [0, 0.1) is 0 Å². The first-order valence-electron chi connectivity index (χ1n) is 3.71. The van der Waals surface area contributed by atoms with E-state index in [0.717, 1.165) is 0 Å². The predicted molar refractivity (Wildman–Crippen MR) is 44.3 cm³/mol. The van der Waals surface area contributed by atoms with Gasteiger partial charge in [0.15, 0.2) is 5.60 Å². The minimum absolute atomic E-state index is 0.157. The number of hydrogen-bond acceptors (Lipinski definition) is 3. The van der Waals surface area contributed by atoms with Crippen molar-refractivity contribution in [2.45, 2.75) is 24.9 Å². The van der Waals surface area contributed by atoms with Crippen LogP contribution in [0.15, 0.2) is 12.7 Å². The zero-order valence-electron chi connectivity index (χ0n) is 7.06. The van der Waals surface area contributed by atoms with Gasteiger partial charge in [0.1, 0.15) is 0 Å². The van der Waals surface area contributed by atoms with Crippen molar-refractivity contribution in [2.24, 2.45) is 0 Å². The van der Waals surface area contributed by atoms with Gasteiger partial charge in [-0.25, -0.2) is 4.79 Å². The molecule has 0 aliphatic rings. The van der Waals surface area contributed by atoms with Gasteiger partial charge in [-0.15, -0.1) is 6.58 Å². The zero-order valence-corrected chi connectivity index (χ0v) is 7.06. The van der Waals surface area contributed by atoms with Gasteiger partial charge in [0.05, 0.1) is 0 Å². The molecule has 0 aliphatic carbocycles. The molecule has 0 radical (unpaired) electrons. The van der Waals surface area contributed by atoms with Crippen LogP contribution in [0.3, 0.4) is 0 Å². The van der Waals surface area contributed by atoms with Crippen molar-refractivity contribution in [3.8, 4) is 0 Å². The summed E-state index contributed by atoms with van der Waals surface area (Å²) in [6.07, 6.45) is 0.395. The van der Waals surface area contributed by atoms with Crippen molar-refractivity contribution >= 4 is 11.9 Å². The molecule has 5 heteroatoms. The topological polar surface area (TPSA) is 94.8 Å². The average molecular weight is 188 g/mol. The Labute approximate surface area is 75.3 Å². The van der Waals surface area contributed by atoms with E-state index in [9.17, 15) is 14.7 Å². The molecular weight excluding hydrogens is 176 g/mol. The normalized spacial score (nSPS) is 14.5. The van der Waals surface area contributed by atoms with Gasteiger partial charge in [0.2, 0.25) is 0 Å². The van der Waals surface area contributed by atoms with Gasteiger partial charge < -0.3 is 15.3 Å². The third kappa shape index (κ3) is 3.71. The van der Waals surface area contributed by atoms with E-state index in [1.165, 1.54) is 6.08 Å². The van der Waals surface area contributed by atoms with Crippen molar-refractivity contribution in [3.05, 3.63) is 12.7 Å². The first kappa shape index (κ1) is 11.6. The average Bonchev–Trinajstić information content (AvgIpc) is 2.01. The third-order valence-electron chi connectivity index (χ3n) is 1.63. The summed E-state index contributed by atoms with van der Waals surface area (Å²) < 4.78 is 0. The Hall–Kier alpha value is -1.36. The highest BCUT2D eigenvalue weighted by Gasteiger charge is 2.34. The van der Waals surface area contributed by atoms with Crippen LogP contribution >= 0.6 is 0 Å². The molecule has 0 heterocycles. The summed E-state index contributed by atoms with van der Waals surface area (Å²) in [4.78, 5) is 20.7. The van der Waals surface area contributed by atoms with Crippen LogP contribution in [0.25, 0.3) is 0 Å². The summed E-state index contributed by atoms with van der Waals surface area (Å²) in [5, 5.41) is 26.3. The molecule has 0 fully saturated rings. The zero-order chi connectivity index (χ0) is 10.5. The molecule has 0 rings (SSSR count). The molecule has 5 nitrogen and oxygen atoms in total. The van der Waals surface area contributed by atoms with Crippen LogP contribution in [-0.4, -0.2) is 32.9 Å². The Morgan fingerprint density at radius 1 is 1.38 bits per heavy atom. The van der Waals surface area contributed by atoms with Gasteiger partial charge >= 0.3 is 11.9 Å². The molecule has 0 saturated carbocycles. The fourth-order valence-corrected chi connectivity index (χ4v) is 0.849. The Morgan fingerprint density at radius 3 is 2.23 bits per heavy atom. The second-order valence-electron chi connectivity index (χ2n) is 2.72. The number of aliphatic hydroxyl groups is 1. The van der Waals surface area contributed by atoms with Gasteiger partial charge in [-0.2, -0.15) is 0 Å². The van der Waals surface area contributed by atoms with E-state index < -0.39 is 17.5 Å². The van der Waals surface area contributed by atoms with E-state index in [4.69, 9.17) is 10.2 Å². The van der Waals surface area contributed by atoms with Gasteiger partial charge in [0, 0.05) is 12.8 Å². The minimum Gasteiger partial charge on any atom is -0.481 e. The molecule has 0 aromatic rings. The number of rotatable bonds is 6. The number of carbonyl (C=O) groups is 2.